The summed E-state index contributed by atoms with van der Waals surface area (Å²) in [6.45, 7) is 0. The van der Waals surface area contributed by atoms with Gasteiger partial charge in [-0.3, -0.25) is 0 Å². The van der Waals surface area contributed by atoms with Crippen LogP contribution in [0.2, 0.25) is 0 Å². The number of carbonyl (C=O) groups is 1. The summed E-state index contributed by atoms with van der Waals surface area (Å²) in [6, 6.07) is 25.2. The molecule has 0 unspecified atom stereocenters. The van der Waals surface area contributed by atoms with E-state index in [4.69, 9.17) is 4.98 Å². The number of aromatic hydroxyl groups is 1. The highest BCUT2D eigenvalue weighted by Gasteiger charge is 2.50. The number of carboxylic acid groups (broad SMARTS) is 1. The molecule has 1 heterocycles. The minimum Gasteiger partial charge on any atom is -0.505 e. The maximum absolute atomic E-state index is 12.1. The maximum atomic E-state index is 12.1. The number of aromatic nitrogens is 1. The van der Waals surface area contributed by atoms with E-state index in [0.29, 0.717) is 16.6 Å². The van der Waals surface area contributed by atoms with Gasteiger partial charge in [0.15, 0.2) is 5.75 Å². The minimum atomic E-state index is -1.15. The third-order valence-electron chi connectivity index (χ3n) is 5.82. The highest BCUT2D eigenvalue weighted by atomic mass is 16.4. The second-order valence-electron chi connectivity index (χ2n) is 7.51. The van der Waals surface area contributed by atoms with Crippen molar-refractivity contribution in [3.05, 3.63) is 95.7 Å². The Labute approximate surface area is 168 Å². The zero-order chi connectivity index (χ0) is 20.0. The number of hydrogen-bond donors (Lipinski definition) is 2. The number of carboxylic acids is 1. The van der Waals surface area contributed by atoms with Crippen molar-refractivity contribution in [3.63, 3.8) is 0 Å². The lowest BCUT2D eigenvalue weighted by molar-refractivity contribution is 0.0695. The van der Waals surface area contributed by atoms with Crippen LogP contribution in [0.4, 0.5) is 0 Å². The van der Waals surface area contributed by atoms with Crippen LogP contribution in [0.15, 0.2) is 78.9 Å². The average Bonchev–Trinajstić information content (AvgIpc) is 3.55. The predicted octanol–water partition coefficient (Wildman–Crippen LogP) is 5.39. The van der Waals surface area contributed by atoms with Crippen molar-refractivity contribution in [2.75, 3.05) is 0 Å². The molecule has 0 bridgehead atoms. The van der Waals surface area contributed by atoms with E-state index in [1.54, 1.807) is 6.07 Å². The van der Waals surface area contributed by atoms with Crippen LogP contribution in [0.25, 0.3) is 22.0 Å². The van der Waals surface area contributed by atoms with Crippen LogP contribution in [0.5, 0.6) is 5.75 Å². The van der Waals surface area contributed by atoms with Gasteiger partial charge in [0.1, 0.15) is 5.56 Å². The minimum absolute atomic E-state index is 0.0787. The van der Waals surface area contributed by atoms with Crippen LogP contribution in [-0.2, 0) is 5.41 Å². The number of nitrogens with zero attached hydrogens (tertiary/aromatic N) is 1. The summed E-state index contributed by atoms with van der Waals surface area (Å²) < 4.78 is 0. The molecule has 0 atom stereocenters. The lowest BCUT2D eigenvalue weighted by Gasteiger charge is -2.20. The number of benzene rings is 3. The number of fused-ring (bicyclic) bond motifs is 1. The van der Waals surface area contributed by atoms with Gasteiger partial charge in [-0.15, -0.1) is 0 Å². The van der Waals surface area contributed by atoms with Crippen LogP contribution >= 0.6 is 0 Å². The molecule has 1 fully saturated rings. The maximum Gasteiger partial charge on any atom is 0.340 e. The van der Waals surface area contributed by atoms with Crippen molar-refractivity contribution in [2.45, 2.75) is 18.3 Å². The SMILES string of the molecule is O=C(O)c1c(O)c(C2(c3ccccc3)CC2)nc2c(-c3ccccc3)cccc12. The molecule has 5 rings (SSSR count). The zero-order valence-corrected chi connectivity index (χ0v) is 15.7. The van der Waals surface area contributed by atoms with Gasteiger partial charge < -0.3 is 10.2 Å². The first-order valence-electron chi connectivity index (χ1n) is 9.62. The largest absolute Gasteiger partial charge is 0.505 e. The first kappa shape index (κ1) is 17.4. The van der Waals surface area contributed by atoms with E-state index in [1.807, 2.05) is 72.8 Å². The molecule has 2 N–H and O–H groups in total. The van der Waals surface area contributed by atoms with Crippen LogP contribution in [0, 0.1) is 0 Å². The Kier molecular flexibility index (Phi) is 3.88. The van der Waals surface area contributed by atoms with E-state index in [1.165, 1.54) is 0 Å². The highest BCUT2D eigenvalue weighted by molar-refractivity contribution is 6.09. The molecule has 0 spiro atoms. The van der Waals surface area contributed by atoms with E-state index in [0.717, 1.165) is 29.5 Å². The van der Waals surface area contributed by atoms with Crippen LogP contribution in [-0.4, -0.2) is 21.2 Å². The van der Waals surface area contributed by atoms with Crippen molar-refractivity contribution in [2.24, 2.45) is 0 Å². The van der Waals surface area contributed by atoms with Crippen molar-refractivity contribution >= 4 is 16.9 Å². The molecule has 1 aliphatic rings. The Hall–Kier alpha value is -3.66. The van der Waals surface area contributed by atoms with E-state index < -0.39 is 11.4 Å². The van der Waals surface area contributed by atoms with Crippen LogP contribution in [0.1, 0.15) is 34.5 Å². The van der Waals surface area contributed by atoms with Gasteiger partial charge in [-0.25, -0.2) is 9.78 Å². The number of rotatable bonds is 4. The summed E-state index contributed by atoms with van der Waals surface area (Å²) >= 11 is 0. The smallest absolute Gasteiger partial charge is 0.340 e. The van der Waals surface area contributed by atoms with Gasteiger partial charge in [0, 0.05) is 16.4 Å². The molecule has 0 radical (unpaired) electrons. The molecule has 0 aliphatic heterocycles. The molecule has 0 amide bonds. The average molecular weight is 381 g/mol. The van der Waals surface area contributed by atoms with Gasteiger partial charge in [0.2, 0.25) is 0 Å². The standard InChI is InChI=1S/C25H19NO3/c27-22-20(24(28)29)19-13-7-12-18(16-8-3-1-4-9-16)21(19)26-23(22)25(14-15-25)17-10-5-2-6-11-17/h1-13,27H,14-15H2,(H,28,29). The van der Waals surface area contributed by atoms with E-state index in [9.17, 15) is 15.0 Å². The molecule has 142 valence electrons. The van der Waals surface area contributed by atoms with E-state index in [-0.39, 0.29) is 11.3 Å². The molecular formula is C25H19NO3. The molecule has 0 saturated heterocycles. The third kappa shape index (κ3) is 2.68. The molecule has 4 heteroatoms. The summed E-state index contributed by atoms with van der Waals surface area (Å²) in [5.41, 5.74) is 3.41. The van der Waals surface area contributed by atoms with Crippen molar-refractivity contribution in [1.29, 1.82) is 0 Å². The number of aromatic carboxylic acids is 1. The van der Waals surface area contributed by atoms with Crippen molar-refractivity contribution in [3.8, 4) is 16.9 Å². The van der Waals surface area contributed by atoms with Gasteiger partial charge in [0.25, 0.3) is 0 Å². The number of para-hydroxylation sites is 1. The third-order valence-corrected chi connectivity index (χ3v) is 5.82. The van der Waals surface area contributed by atoms with Crippen molar-refractivity contribution < 1.29 is 15.0 Å². The molecular weight excluding hydrogens is 362 g/mol. The Morgan fingerprint density at radius 3 is 2.14 bits per heavy atom. The van der Waals surface area contributed by atoms with E-state index in [2.05, 4.69) is 0 Å². The van der Waals surface area contributed by atoms with Gasteiger partial charge in [-0.05, 0) is 24.0 Å². The summed E-state index contributed by atoms with van der Waals surface area (Å²) in [5, 5.41) is 21.4. The Balaban J connectivity index is 1.85. The molecule has 29 heavy (non-hydrogen) atoms. The van der Waals surface area contributed by atoms with Crippen molar-refractivity contribution in [1.82, 2.24) is 4.98 Å². The molecule has 1 saturated carbocycles. The summed E-state index contributed by atoms with van der Waals surface area (Å²) in [5.74, 6) is -1.37. The fraction of sp³-hybridized carbons (Fsp3) is 0.120. The quantitative estimate of drug-likeness (QED) is 0.497. The Morgan fingerprint density at radius 2 is 1.52 bits per heavy atom. The van der Waals surface area contributed by atoms with Gasteiger partial charge in [-0.1, -0.05) is 78.9 Å². The molecule has 3 aromatic carbocycles. The van der Waals surface area contributed by atoms with Crippen LogP contribution < -0.4 is 0 Å². The zero-order valence-electron chi connectivity index (χ0n) is 15.7. The lowest BCUT2D eigenvalue weighted by atomic mass is 9.88. The second-order valence-corrected chi connectivity index (χ2v) is 7.51. The Bertz CT molecular complexity index is 1230. The normalized spacial score (nSPS) is 14.6. The summed E-state index contributed by atoms with van der Waals surface area (Å²) in [6.07, 6.45) is 1.66. The van der Waals surface area contributed by atoms with Gasteiger partial charge in [0.05, 0.1) is 11.2 Å². The fourth-order valence-electron chi connectivity index (χ4n) is 4.22. The molecule has 4 nitrogen and oxygen atoms in total. The Morgan fingerprint density at radius 1 is 0.862 bits per heavy atom. The number of hydrogen-bond acceptors (Lipinski definition) is 3. The van der Waals surface area contributed by atoms with Crippen LogP contribution in [0.3, 0.4) is 0 Å². The summed E-state index contributed by atoms with van der Waals surface area (Å²) in [7, 11) is 0. The molecule has 1 aliphatic carbocycles. The molecule has 4 aromatic rings. The van der Waals surface area contributed by atoms with Gasteiger partial charge >= 0.3 is 5.97 Å². The topological polar surface area (TPSA) is 70.4 Å². The summed E-state index contributed by atoms with van der Waals surface area (Å²) in [4.78, 5) is 17.0. The van der Waals surface area contributed by atoms with Gasteiger partial charge in [-0.2, -0.15) is 0 Å². The second kappa shape index (κ2) is 6.45. The fourth-order valence-corrected chi connectivity index (χ4v) is 4.22. The van der Waals surface area contributed by atoms with E-state index >= 15 is 0 Å². The monoisotopic (exact) mass is 381 g/mol. The molecule has 1 aromatic heterocycles. The highest BCUT2D eigenvalue weighted by Crippen LogP contribution is 2.56. The lowest BCUT2D eigenvalue weighted by Crippen LogP contribution is -2.14. The first-order valence-corrected chi connectivity index (χ1v) is 9.62. The predicted molar refractivity (Wildman–Crippen MR) is 112 cm³/mol. The first-order chi connectivity index (χ1) is 14.1. The number of pyridine rings is 1.